The second kappa shape index (κ2) is 58.3. The lowest BCUT2D eigenvalue weighted by atomic mass is 9.97. The summed E-state index contributed by atoms with van der Waals surface area (Å²) in [4.78, 5) is 13.3. The Bertz CT molecular complexity index is 1550. The number of carbonyl (C=O) groups is 1. The third kappa shape index (κ3) is 42.4. The number of nitrogens with one attached hydrogen (secondary N) is 1. The average Bonchev–Trinajstić information content (AvgIpc) is 2.33. The first-order valence-electron chi connectivity index (χ1n) is 37.1. The van der Waals surface area contributed by atoms with Crippen molar-refractivity contribution in [1.29, 1.82) is 0 Å². The highest BCUT2D eigenvalue weighted by atomic mass is 16.7. The Morgan fingerprint density at radius 1 is 0.402 bits per heavy atom. The van der Waals surface area contributed by atoms with Crippen LogP contribution in [0.25, 0.3) is 0 Å². The van der Waals surface area contributed by atoms with Gasteiger partial charge >= 0.3 is 0 Å². The molecule has 0 aliphatic carbocycles. The summed E-state index contributed by atoms with van der Waals surface area (Å²) in [5.74, 6) is -0.241. The number of allylic oxidation sites excluding steroid dienone is 3. The van der Waals surface area contributed by atoms with E-state index in [2.05, 4.69) is 31.3 Å². The molecule has 0 aromatic carbocycles. The molecule has 2 rings (SSSR count). The van der Waals surface area contributed by atoms with Crippen LogP contribution in [0.2, 0.25) is 0 Å². The zero-order chi connectivity index (χ0) is 63.1. The molecular weight excluding hydrogens is 1100 g/mol. The van der Waals surface area contributed by atoms with E-state index in [0.29, 0.717) is 12.8 Å². The van der Waals surface area contributed by atoms with Crippen molar-refractivity contribution in [3.63, 3.8) is 0 Å². The zero-order valence-corrected chi connectivity index (χ0v) is 56.0. The fourth-order valence-corrected chi connectivity index (χ4v) is 12.5. The topological polar surface area (TPSA) is 228 Å². The number of hydrogen-bond donors (Lipinski definition) is 9. The zero-order valence-electron chi connectivity index (χ0n) is 56.0. The van der Waals surface area contributed by atoms with Crippen molar-refractivity contribution in [2.24, 2.45) is 0 Å². The summed E-state index contributed by atoms with van der Waals surface area (Å²) in [6.45, 7) is 2.84. The molecule has 0 aromatic heterocycles. The fraction of sp³-hybridized carbons (Fsp3) is 0.932. The first-order valence-corrected chi connectivity index (χ1v) is 37.1. The average molecular weight is 1240 g/mol. The van der Waals surface area contributed by atoms with E-state index >= 15 is 0 Å². The second-order valence-corrected chi connectivity index (χ2v) is 26.4. The van der Waals surface area contributed by atoms with Gasteiger partial charge in [-0.25, -0.2) is 0 Å². The normalized spacial score (nSPS) is 23.3. The Morgan fingerprint density at radius 3 is 1.13 bits per heavy atom. The highest BCUT2D eigenvalue weighted by Gasteiger charge is 2.51. The van der Waals surface area contributed by atoms with E-state index < -0.39 is 86.8 Å². The van der Waals surface area contributed by atoms with Gasteiger partial charge < -0.3 is 65.1 Å². The number of carbonyl (C=O) groups excluding carboxylic acids is 1. The van der Waals surface area contributed by atoms with Gasteiger partial charge in [0.25, 0.3) is 0 Å². The van der Waals surface area contributed by atoms with Crippen LogP contribution >= 0.6 is 0 Å². The van der Waals surface area contributed by atoms with Crippen LogP contribution in [-0.4, -0.2) is 140 Å². The highest BCUT2D eigenvalue weighted by Crippen LogP contribution is 2.30. The maximum Gasteiger partial charge on any atom is 0.220 e. The van der Waals surface area contributed by atoms with Crippen molar-refractivity contribution in [2.75, 3.05) is 19.8 Å². The molecule has 2 heterocycles. The SMILES string of the molecule is CCCCCCCCCCCCCCCC/C=C/CC/C=C/C(O)C(COC1OC(CO)C(OC2OC(CO)C(O)C(O)C2O)C(O)C1O)NC(=O)CCCCCCCCCCCCCCCCCCCCCCCCCCCCCCCCCCC. The largest absolute Gasteiger partial charge is 0.394 e. The number of unbranched alkanes of at least 4 members (excludes halogenated alkanes) is 47. The summed E-state index contributed by atoms with van der Waals surface area (Å²) < 4.78 is 22.9. The molecule has 2 saturated heterocycles. The van der Waals surface area contributed by atoms with E-state index in [1.165, 1.54) is 276 Å². The van der Waals surface area contributed by atoms with E-state index in [1.807, 2.05) is 6.08 Å². The summed E-state index contributed by atoms with van der Waals surface area (Å²) in [7, 11) is 0. The highest BCUT2D eigenvalue weighted by molar-refractivity contribution is 5.76. The third-order valence-electron chi connectivity index (χ3n) is 18.4. The standard InChI is InChI=1S/C73H139NO13/c1-3-5-7-9-11-13-15-17-19-21-23-25-26-27-28-29-30-31-32-33-34-35-36-37-39-41-43-45-47-49-51-53-55-57-65(78)74-61(62(77)56-54-52-50-48-46-44-42-40-38-24-22-20-18-16-14-12-10-8-6-4-2)60-84-72-70(83)68(81)71(64(59-76)86-72)87-73-69(82)67(80)66(79)63(58-75)85-73/h46,48,54,56,61-64,66-73,75-77,79-83H,3-45,47,49-53,55,57-60H2,1-2H3,(H,74,78)/b48-46+,56-54+. The van der Waals surface area contributed by atoms with Crippen LogP contribution in [0.5, 0.6) is 0 Å². The first kappa shape index (κ1) is 81.6. The number of rotatable bonds is 62. The van der Waals surface area contributed by atoms with Crippen molar-refractivity contribution in [3.8, 4) is 0 Å². The maximum atomic E-state index is 13.3. The van der Waals surface area contributed by atoms with Crippen molar-refractivity contribution in [1.82, 2.24) is 5.32 Å². The van der Waals surface area contributed by atoms with E-state index in [0.717, 1.165) is 32.1 Å². The fourth-order valence-electron chi connectivity index (χ4n) is 12.5. The molecule has 12 unspecified atom stereocenters. The minimum Gasteiger partial charge on any atom is -0.394 e. The molecule has 14 nitrogen and oxygen atoms in total. The number of hydrogen-bond acceptors (Lipinski definition) is 13. The Balaban J connectivity index is 1.63. The van der Waals surface area contributed by atoms with Gasteiger partial charge in [0.15, 0.2) is 12.6 Å². The maximum absolute atomic E-state index is 13.3. The molecule has 0 radical (unpaired) electrons. The van der Waals surface area contributed by atoms with Gasteiger partial charge in [0, 0.05) is 6.42 Å². The lowest BCUT2D eigenvalue weighted by Crippen LogP contribution is -2.65. The molecule has 87 heavy (non-hydrogen) atoms. The van der Waals surface area contributed by atoms with E-state index in [4.69, 9.17) is 18.9 Å². The van der Waals surface area contributed by atoms with Gasteiger partial charge in [-0.05, 0) is 32.1 Å². The molecule has 2 aliphatic rings. The molecule has 14 heteroatoms. The van der Waals surface area contributed by atoms with E-state index in [9.17, 15) is 45.6 Å². The Morgan fingerprint density at radius 2 is 0.736 bits per heavy atom. The predicted molar refractivity (Wildman–Crippen MR) is 355 cm³/mol. The Labute approximate surface area is 532 Å². The Hall–Kier alpha value is -1.53. The van der Waals surface area contributed by atoms with Gasteiger partial charge in [-0.3, -0.25) is 4.79 Å². The molecule has 514 valence electrons. The van der Waals surface area contributed by atoms with Crippen molar-refractivity contribution >= 4 is 5.91 Å². The van der Waals surface area contributed by atoms with Gasteiger partial charge in [0.2, 0.25) is 5.91 Å². The second-order valence-electron chi connectivity index (χ2n) is 26.4. The smallest absolute Gasteiger partial charge is 0.220 e. The van der Waals surface area contributed by atoms with Crippen LogP contribution < -0.4 is 5.32 Å². The van der Waals surface area contributed by atoms with Gasteiger partial charge in [-0.2, -0.15) is 0 Å². The summed E-state index contributed by atoms with van der Waals surface area (Å²) in [6.07, 6.45) is 56.9. The van der Waals surface area contributed by atoms with Crippen LogP contribution in [0.4, 0.5) is 0 Å². The molecule has 0 saturated carbocycles. The predicted octanol–water partition coefficient (Wildman–Crippen LogP) is 15.5. The molecule has 2 fully saturated rings. The quantitative estimate of drug-likeness (QED) is 0.0204. The van der Waals surface area contributed by atoms with Crippen molar-refractivity contribution in [3.05, 3.63) is 24.3 Å². The van der Waals surface area contributed by atoms with Crippen LogP contribution in [0.3, 0.4) is 0 Å². The lowest BCUT2D eigenvalue weighted by molar-refractivity contribution is -0.359. The molecule has 12 atom stereocenters. The van der Waals surface area contributed by atoms with Crippen LogP contribution in [0, 0.1) is 0 Å². The van der Waals surface area contributed by atoms with E-state index in [-0.39, 0.29) is 18.9 Å². The molecule has 9 N–H and O–H groups in total. The number of aliphatic hydroxyl groups is 8. The van der Waals surface area contributed by atoms with Gasteiger partial charge in [0.05, 0.1) is 32.0 Å². The molecule has 1 amide bonds. The first-order chi connectivity index (χ1) is 42.6. The molecule has 0 spiro atoms. The third-order valence-corrected chi connectivity index (χ3v) is 18.4. The lowest BCUT2D eigenvalue weighted by Gasteiger charge is -2.46. The minimum atomic E-state index is -1.79. The number of ether oxygens (including phenoxy) is 4. The summed E-state index contributed by atoms with van der Waals surface area (Å²) >= 11 is 0. The van der Waals surface area contributed by atoms with Crippen molar-refractivity contribution in [2.45, 2.75) is 415 Å². The number of aliphatic hydroxyl groups excluding tert-OH is 8. The van der Waals surface area contributed by atoms with Crippen molar-refractivity contribution < 1.29 is 64.6 Å². The van der Waals surface area contributed by atoms with Gasteiger partial charge in [-0.1, -0.05) is 327 Å². The molecule has 2 aliphatic heterocycles. The molecule has 0 aromatic rings. The summed E-state index contributed by atoms with van der Waals surface area (Å²) in [5, 5.41) is 87.4. The van der Waals surface area contributed by atoms with Crippen LogP contribution in [-0.2, 0) is 23.7 Å². The number of amides is 1. The van der Waals surface area contributed by atoms with Gasteiger partial charge in [0.1, 0.15) is 48.8 Å². The van der Waals surface area contributed by atoms with E-state index in [1.54, 1.807) is 6.08 Å². The van der Waals surface area contributed by atoms with Crippen LogP contribution in [0.15, 0.2) is 24.3 Å². The summed E-state index contributed by atoms with van der Waals surface area (Å²) in [6, 6.07) is -0.929. The Kier molecular flexibility index (Phi) is 54.7. The molecular formula is C73H139NO13. The summed E-state index contributed by atoms with van der Waals surface area (Å²) in [5.41, 5.74) is 0. The monoisotopic (exact) mass is 1240 g/mol. The van der Waals surface area contributed by atoms with Gasteiger partial charge in [-0.15, -0.1) is 0 Å². The van der Waals surface area contributed by atoms with Crippen LogP contribution in [0.1, 0.15) is 341 Å². The molecule has 0 bridgehead atoms. The minimum absolute atomic E-state index is 0.241.